The molecular weight excluding hydrogens is 198 g/mol. The highest BCUT2D eigenvalue weighted by Gasteiger charge is 2.18. The smallest absolute Gasteiger partial charge is 0.250 e. The van der Waals surface area contributed by atoms with Crippen molar-refractivity contribution in [3.05, 3.63) is 47.5 Å². The number of amides is 1. The van der Waals surface area contributed by atoms with Crippen LogP contribution in [0.5, 0.6) is 0 Å². The van der Waals surface area contributed by atoms with E-state index in [2.05, 4.69) is 29.3 Å². The van der Waals surface area contributed by atoms with Gasteiger partial charge in [0, 0.05) is 11.3 Å². The number of carbonyl (C=O) groups excluding carboxylic acids is 1. The van der Waals surface area contributed by atoms with Gasteiger partial charge >= 0.3 is 0 Å². The number of aliphatic imine (C=N–C) groups is 1. The molecule has 0 saturated carbocycles. The third kappa shape index (κ3) is 1.27. The summed E-state index contributed by atoms with van der Waals surface area (Å²) in [6.45, 7) is 1.89. The molecule has 1 heterocycles. The maximum Gasteiger partial charge on any atom is 0.250 e. The highest BCUT2D eigenvalue weighted by Crippen LogP contribution is 2.26. The minimum Gasteiger partial charge on any atom is -0.272 e. The average molecular weight is 209 g/mol. The standard InChI is InChI=1S/C14H11NO/c1-9-11-7-6-10-4-2-3-5-12(10)13(11)8-14(16)15-9/h2-7H,8H2,1H3. The first-order valence-corrected chi connectivity index (χ1v) is 5.35. The van der Waals surface area contributed by atoms with Crippen LogP contribution in [-0.4, -0.2) is 11.6 Å². The van der Waals surface area contributed by atoms with E-state index < -0.39 is 0 Å². The summed E-state index contributed by atoms with van der Waals surface area (Å²) in [6, 6.07) is 12.3. The second-order valence-corrected chi connectivity index (χ2v) is 4.08. The molecule has 0 saturated heterocycles. The average Bonchev–Trinajstić information content (AvgIpc) is 2.28. The van der Waals surface area contributed by atoms with Crippen LogP contribution in [0.25, 0.3) is 10.8 Å². The van der Waals surface area contributed by atoms with E-state index in [1.165, 1.54) is 10.8 Å². The maximum absolute atomic E-state index is 11.5. The first kappa shape index (κ1) is 9.28. The van der Waals surface area contributed by atoms with Crippen molar-refractivity contribution in [3.63, 3.8) is 0 Å². The summed E-state index contributed by atoms with van der Waals surface area (Å²) in [5.41, 5.74) is 3.06. The number of rotatable bonds is 0. The van der Waals surface area contributed by atoms with Crippen molar-refractivity contribution in [2.24, 2.45) is 4.99 Å². The van der Waals surface area contributed by atoms with Crippen LogP contribution in [-0.2, 0) is 11.2 Å². The van der Waals surface area contributed by atoms with Gasteiger partial charge in [0.2, 0.25) is 5.91 Å². The number of benzene rings is 2. The van der Waals surface area contributed by atoms with Gasteiger partial charge < -0.3 is 0 Å². The van der Waals surface area contributed by atoms with Crippen molar-refractivity contribution in [2.45, 2.75) is 13.3 Å². The molecule has 16 heavy (non-hydrogen) atoms. The van der Waals surface area contributed by atoms with Crippen LogP contribution >= 0.6 is 0 Å². The summed E-state index contributed by atoms with van der Waals surface area (Å²) in [4.78, 5) is 15.5. The highest BCUT2D eigenvalue weighted by atomic mass is 16.1. The van der Waals surface area contributed by atoms with Crippen molar-refractivity contribution in [3.8, 4) is 0 Å². The number of carbonyl (C=O) groups is 1. The monoisotopic (exact) mass is 209 g/mol. The fourth-order valence-corrected chi connectivity index (χ4v) is 2.30. The Bertz CT molecular complexity index is 626. The van der Waals surface area contributed by atoms with Crippen molar-refractivity contribution in [1.29, 1.82) is 0 Å². The minimum absolute atomic E-state index is 0.0404. The van der Waals surface area contributed by atoms with Crippen LogP contribution < -0.4 is 0 Å². The largest absolute Gasteiger partial charge is 0.272 e. The van der Waals surface area contributed by atoms with E-state index in [0.717, 1.165) is 16.8 Å². The van der Waals surface area contributed by atoms with Gasteiger partial charge in [-0.25, -0.2) is 4.99 Å². The van der Waals surface area contributed by atoms with Crippen molar-refractivity contribution in [1.82, 2.24) is 0 Å². The van der Waals surface area contributed by atoms with E-state index in [1.54, 1.807) is 0 Å². The molecule has 2 aromatic rings. The molecule has 0 aromatic heterocycles. The van der Waals surface area contributed by atoms with Crippen molar-refractivity contribution >= 4 is 22.4 Å². The molecule has 0 bridgehead atoms. The summed E-state index contributed by atoms with van der Waals surface area (Å²) in [7, 11) is 0. The fourth-order valence-electron chi connectivity index (χ4n) is 2.30. The molecule has 0 spiro atoms. The fraction of sp³-hybridized carbons (Fsp3) is 0.143. The zero-order chi connectivity index (χ0) is 11.1. The van der Waals surface area contributed by atoms with E-state index in [-0.39, 0.29) is 5.91 Å². The maximum atomic E-state index is 11.5. The van der Waals surface area contributed by atoms with Crippen LogP contribution in [0.3, 0.4) is 0 Å². The summed E-state index contributed by atoms with van der Waals surface area (Å²) in [5.74, 6) is -0.0404. The molecule has 3 rings (SSSR count). The first-order valence-electron chi connectivity index (χ1n) is 5.35. The Kier molecular flexibility index (Phi) is 1.90. The molecule has 0 atom stereocenters. The van der Waals surface area contributed by atoms with Crippen molar-refractivity contribution in [2.75, 3.05) is 0 Å². The van der Waals surface area contributed by atoms with Gasteiger partial charge in [-0.3, -0.25) is 4.79 Å². The molecule has 0 radical (unpaired) electrons. The quantitative estimate of drug-likeness (QED) is 0.656. The normalized spacial score (nSPS) is 14.8. The van der Waals surface area contributed by atoms with Gasteiger partial charge in [0.1, 0.15) is 0 Å². The third-order valence-electron chi connectivity index (χ3n) is 3.05. The van der Waals surface area contributed by atoms with Gasteiger partial charge in [0.25, 0.3) is 0 Å². The van der Waals surface area contributed by atoms with E-state index in [4.69, 9.17) is 0 Å². The second kappa shape index (κ2) is 3.27. The minimum atomic E-state index is -0.0404. The van der Waals surface area contributed by atoms with Gasteiger partial charge in [0.15, 0.2) is 0 Å². The Morgan fingerprint density at radius 1 is 1.12 bits per heavy atom. The van der Waals surface area contributed by atoms with Crippen molar-refractivity contribution < 1.29 is 4.79 Å². The topological polar surface area (TPSA) is 29.4 Å². The third-order valence-corrected chi connectivity index (χ3v) is 3.05. The summed E-state index contributed by atoms with van der Waals surface area (Å²) in [6.07, 6.45) is 0.425. The van der Waals surface area contributed by atoms with Gasteiger partial charge in [-0.2, -0.15) is 0 Å². The van der Waals surface area contributed by atoms with E-state index in [1.807, 2.05) is 19.1 Å². The molecule has 1 aliphatic heterocycles. The van der Waals surface area contributed by atoms with E-state index in [0.29, 0.717) is 6.42 Å². The zero-order valence-corrected chi connectivity index (χ0v) is 9.03. The Balaban J connectivity index is 2.40. The number of hydrogen-bond acceptors (Lipinski definition) is 1. The summed E-state index contributed by atoms with van der Waals surface area (Å²) >= 11 is 0. The summed E-state index contributed by atoms with van der Waals surface area (Å²) < 4.78 is 0. The van der Waals surface area contributed by atoms with Gasteiger partial charge in [0.05, 0.1) is 6.42 Å². The second-order valence-electron chi connectivity index (χ2n) is 4.08. The highest BCUT2D eigenvalue weighted by molar-refractivity contribution is 6.13. The van der Waals surface area contributed by atoms with E-state index in [9.17, 15) is 4.79 Å². The molecule has 2 nitrogen and oxygen atoms in total. The van der Waals surface area contributed by atoms with Gasteiger partial charge in [-0.15, -0.1) is 0 Å². The lowest BCUT2D eigenvalue weighted by atomic mass is 9.92. The van der Waals surface area contributed by atoms with E-state index >= 15 is 0 Å². The molecule has 0 aliphatic carbocycles. The zero-order valence-electron chi connectivity index (χ0n) is 9.03. The lowest BCUT2D eigenvalue weighted by Gasteiger charge is -2.15. The Morgan fingerprint density at radius 2 is 1.94 bits per heavy atom. The summed E-state index contributed by atoms with van der Waals surface area (Å²) in [5, 5.41) is 2.35. The lowest BCUT2D eigenvalue weighted by Crippen LogP contribution is -2.14. The molecule has 1 amide bonds. The van der Waals surface area contributed by atoms with Crippen LogP contribution in [0.1, 0.15) is 18.1 Å². The van der Waals surface area contributed by atoms with Crippen LogP contribution in [0.2, 0.25) is 0 Å². The molecule has 78 valence electrons. The number of nitrogens with zero attached hydrogens (tertiary/aromatic N) is 1. The predicted molar refractivity (Wildman–Crippen MR) is 64.9 cm³/mol. The molecule has 2 aromatic carbocycles. The number of fused-ring (bicyclic) bond motifs is 3. The van der Waals surface area contributed by atoms with Gasteiger partial charge in [-0.1, -0.05) is 36.4 Å². The molecule has 2 heteroatoms. The molecule has 0 fully saturated rings. The lowest BCUT2D eigenvalue weighted by molar-refractivity contribution is -0.117. The SMILES string of the molecule is CC1=NC(=O)Cc2c1ccc1ccccc21. The molecule has 0 N–H and O–H groups in total. The molecule has 0 unspecified atom stereocenters. The van der Waals surface area contributed by atoms with Crippen LogP contribution in [0, 0.1) is 0 Å². The predicted octanol–water partition coefficient (Wildman–Crippen LogP) is 2.73. The number of hydrogen-bond donors (Lipinski definition) is 0. The Hall–Kier alpha value is -1.96. The van der Waals surface area contributed by atoms with Gasteiger partial charge in [-0.05, 0) is 23.3 Å². The molecule has 1 aliphatic rings. The Morgan fingerprint density at radius 3 is 2.81 bits per heavy atom. The Labute approximate surface area is 93.6 Å². The van der Waals surface area contributed by atoms with Crippen LogP contribution in [0.4, 0.5) is 0 Å². The first-order chi connectivity index (χ1) is 7.75. The molecular formula is C14H11NO. The van der Waals surface area contributed by atoms with Crippen LogP contribution in [0.15, 0.2) is 41.4 Å².